The molecule has 0 aliphatic rings. The van der Waals surface area contributed by atoms with Crippen molar-refractivity contribution in [2.45, 2.75) is 33.1 Å². The van der Waals surface area contributed by atoms with Gasteiger partial charge < -0.3 is 9.84 Å². The number of carboxylic acid groups (broad SMARTS) is 1. The van der Waals surface area contributed by atoms with Crippen molar-refractivity contribution in [1.82, 2.24) is 0 Å². The highest BCUT2D eigenvalue weighted by Gasteiger charge is 2.03. The monoisotopic (exact) mass is 222 g/mol. The molecule has 0 atom stereocenters. The third-order valence-electron chi connectivity index (χ3n) is 2.39. The van der Waals surface area contributed by atoms with E-state index in [-0.39, 0.29) is 6.42 Å². The Bertz CT molecular complexity index is 358. The van der Waals surface area contributed by atoms with Crippen LogP contribution in [0.5, 0.6) is 5.75 Å². The number of aryl methyl sites for hydroxylation is 2. The molecule has 0 saturated heterocycles. The molecule has 0 aromatic heterocycles. The van der Waals surface area contributed by atoms with Crippen LogP contribution >= 0.6 is 0 Å². The lowest BCUT2D eigenvalue weighted by molar-refractivity contribution is -0.137. The summed E-state index contributed by atoms with van der Waals surface area (Å²) < 4.78 is 5.57. The zero-order valence-corrected chi connectivity index (χ0v) is 9.82. The predicted octanol–water partition coefficient (Wildman–Crippen LogP) is 2.80. The SMILES string of the molecule is CCc1cc(C)ccc1OCCCC(=O)O. The van der Waals surface area contributed by atoms with Gasteiger partial charge in [-0.05, 0) is 31.4 Å². The summed E-state index contributed by atoms with van der Waals surface area (Å²) in [5.41, 5.74) is 2.39. The molecule has 0 unspecified atom stereocenters. The zero-order valence-electron chi connectivity index (χ0n) is 9.82. The van der Waals surface area contributed by atoms with Gasteiger partial charge in [0.25, 0.3) is 0 Å². The second-order valence-electron chi connectivity index (χ2n) is 3.81. The summed E-state index contributed by atoms with van der Waals surface area (Å²) in [6.45, 7) is 4.59. The Hall–Kier alpha value is -1.51. The van der Waals surface area contributed by atoms with Crippen molar-refractivity contribution in [1.29, 1.82) is 0 Å². The molecule has 1 aromatic rings. The highest BCUT2D eigenvalue weighted by atomic mass is 16.5. The largest absolute Gasteiger partial charge is 0.493 e. The number of rotatable bonds is 6. The summed E-state index contributed by atoms with van der Waals surface area (Å²) in [7, 11) is 0. The average molecular weight is 222 g/mol. The number of benzene rings is 1. The van der Waals surface area contributed by atoms with Crippen molar-refractivity contribution in [3.63, 3.8) is 0 Å². The molecular formula is C13H18O3. The van der Waals surface area contributed by atoms with Crippen molar-refractivity contribution in [3.8, 4) is 5.75 Å². The van der Waals surface area contributed by atoms with Crippen LogP contribution in [0.3, 0.4) is 0 Å². The van der Waals surface area contributed by atoms with Gasteiger partial charge in [-0.25, -0.2) is 0 Å². The van der Waals surface area contributed by atoms with Crippen LogP contribution in [0.2, 0.25) is 0 Å². The first-order chi connectivity index (χ1) is 7.63. The molecule has 0 bridgehead atoms. The molecule has 88 valence electrons. The van der Waals surface area contributed by atoms with Crippen LogP contribution in [0.4, 0.5) is 0 Å². The second kappa shape index (κ2) is 6.16. The summed E-state index contributed by atoms with van der Waals surface area (Å²) in [6.07, 6.45) is 1.63. The molecular weight excluding hydrogens is 204 g/mol. The summed E-state index contributed by atoms with van der Waals surface area (Å²) in [5, 5.41) is 8.49. The van der Waals surface area contributed by atoms with Gasteiger partial charge in [-0.15, -0.1) is 0 Å². The molecule has 3 nitrogen and oxygen atoms in total. The Morgan fingerprint density at radius 1 is 1.44 bits per heavy atom. The van der Waals surface area contributed by atoms with Gasteiger partial charge in [-0.1, -0.05) is 24.6 Å². The topological polar surface area (TPSA) is 46.5 Å². The standard InChI is InChI=1S/C13H18O3/c1-3-11-9-10(2)6-7-12(11)16-8-4-5-13(14)15/h6-7,9H,3-5,8H2,1-2H3,(H,14,15). The molecule has 0 spiro atoms. The summed E-state index contributed by atoms with van der Waals surface area (Å²) in [6, 6.07) is 6.06. The fraction of sp³-hybridized carbons (Fsp3) is 0.462. The predicted molar refractivity (Wildman–Crippen MR) is 62.9 cm³/mol. The van der Waals surface area contributed by atoms with Gasteiger partial charge in [-0.2, -0.15) is 0 Å². The lowest BCUT2D eigenvalue weighted by Gasteiger charge is -2.10. The van der Waals surface area contributed by atoms with Crippen LogP contribution in [-0.4, -0.2) is 17.7 Å². The van der Waals surface area contributed by atoms with E-state index in [1.54, 1.807) is 0 Å². The van der Waals surface area contributed by atoms with Crippen molar-refractivity contribution in [2.75, 3.05) is 6.61 Å². The summed E-state index contributed by atoms with van der Waals surface area (Å²) in [4.78, 5) is 10.3. The van der Waals surface area contributed by atoms with Crippen molar-refractivity contribution < 1.29 is 14.6 Å². The molecule has 0 fully saturated rings. The van der Waals surface area contributed by atoms with E-state index < -0.39 is 5.97 Å². The second-order valence-corrected chi connectivity index (χ2v) is 3.81. The Morgan fingerprint density at radius 2 is 2.19 bits per heavy atom. The number of hydrogen-bond acceptors (Lipinski definition) is 2. The van der Waals surface area contributed by atoms with Gasteiger partial charge in [0.1, 0.15) is 5.75 Å². The fourth-order valence-corrected chi connectivity index (χ4v) is 1.53. The van der Waals surface area contributed by atoms with Gasteiger partial charge in [0, 0.05) is 6.42 Å². The highest BCUT2D eigenvalue weighted by Crippen LogP contribution is 2.20. The van der Waals surface area contributed by atoms with Crippen molar-refractivity contribution >= 4 is 5.97 Å². The van der Waals surface area contributed by atoms with E-state index in [1.165, 1.54) is 11.1 Å². The minimum absolute atomic E-state index is 0.160. The number of carboxylic acids is 1. The van der Waals surface area contributed by atoms with Gasteiger partial charge in [0.2, 0.25) is 0 Å². The lowest BCUT2D eigenvalue weighted by atomic mass is 10.1. The first-order valence-electron chi connectivity index (χ1n) is 5.57. The maximum absolute atomic E-state index is 10.3. The fourth-order valence-electron chi connectivity index (χ4n) is 1.53. The number of aliphatic carboxylic acids is 1. The first-order valence-corrected chi connectivity index (χ1v) is 5.57. The van der Waals surface area contributed by atoms with E-state index in [0.717, 1.165) is 12.2 Å². The minimum Gasteiger partial charge on any atom is -0.493 e. The van der Waals surface area contributed by atoms with Gasteiger partial charge in [0.05, 0.1) is 6.61 Å². The number of hydrogen-bond donors (Lipinski definition) is 1. The third-order valence-corrected chi connectivity index (χ3v) is 2.39. The van der Waals surface area contributed by atoms with Gasteiger partial charge >= 0.3 is 5.97 Å². The quantitative estimate of drug-likeness (QED) is 0.753. The van der Waals surface area contributed by atoms with Crippen LogP contribution in [0.25, 0.3) is 0 Å². The normalized spacial score (nSPS) is 10.1. The number of carbonyl (C=O) groups is 1. The highest BCUT2D eigenvalue weighted by molar-refractivity contribution is 5.66. The van der Waals surface area contributed by atoms with Crippen LogP contribution in [0, 0.1) is 6.92 Å². The van der Waals surface area contributed by atoms with Gasteiger partial charge in [-0.3, -0.25) is 4.79 Å². The van der Waals surface area contributed by atoms with Crippen molar-refractivity contribution in [2.24, 2.45) is 0 Å². The zero-order chi connectivity index (χ0) is 12.0. The molecule has 0 heterocycles. The molecule has 0 radical (unpaired) electrons. The molecule has 1 aromatic carbocycles. The molecule has 1 N–H and O–H groups in total. The van der Waals surface area contributed by atoms with E-state index in [2.05, 4.69) is 13.0 Å². The maximum atomic E-state index is 10.3. The Labute approximate surface area is 96.1 Å². The van der Waals surface area contributed by atoms with E-state index in [9.17, 15) is 4.79 Å². The number of ether oxygens (including phenoxy) is 1. The maximum Gasteiger partial charge on any atom is 0.303 e. The van der Waals surface area contributed by atoms with Crippen LogP contribution in [0.1, 0.15) is 30.9 Å². The van der Waals surface area contributed by atoms with Crippen LogP contribution in [0.15, 0.2) is 18.2 Å². The molecule has 1 rings (SSSR count). The van der Waals surface area contributed by atoms with Crippen LogP contribution < -0.4 is 4.74 Å². The van der Waals surface area contributed by atoms with Crippen LogP contribution in [-0.2, 0) is 11.2 Å². The van der Waals surface area contributed by atoms with E-state index in [1.807, 2.05) is 19.1 Å². The molecule has 0 saturated carbocycles. The Morgan fingerprint density at radius 3 is 2.81 bits per heavy atom. The molecule has 16 heavy (non-hydrogen) atoms. The molecule has 0 amide bonds. The lowest BCUT2D eigenvalue weighted by Crippen LogP contribution is -2.03. The molecule has 3 heteroatoms. The van der Waals surface area contributed by atoms with Crippen molar-refractivity contribution in [3.05, 3.63) is 29.3 Å². The minimum atomic E-state index is -0.775. The molecule has 0 aliphatic heterocycles. The summed E-state index contributed by atoms with van der Waals surface area (Å²) >= 11 is 0. The van der Waals surface area contributed by atoms with E-state index in [0.29, 0.717) is 13.0 Å². The first kappa shape index (κ1) is 12.6. The Balaban J connectivity index is 2.50. The third kappa shape index (κ3) is 3.93. The smallest absolute Gasteiger partial charge is 0.303 e. The molecule has 0 aliphatic carbocycles. The Kier molecular flexibility index (Phi) is 4.83. The summed E-state index contributed by atoms with van der Waals surface area (Å²) in [5.74, 6) is 0.0988. The van der Waals surface area contributed by atoms with E-state index in [4.69, 9.17) is 9.84 Å². The average Bonchev–Trinajstić information content (AvgIpc) is 2.25. The van der Waals surface area contributed by atoms with E-state index >= 15 is 0 Å². The van der Waals surface area contributed by atoms with Gasteiger partial charge in [0.15, 0.2) is 0 Å².